The van der Waals surface area contributed by atoms with Crippen LogP contribution < -0.4 is 5.32 Å². The molecule has 23 heavy (non-hydrogen) atoms. The first kappa shape index (κ1) is 17.9. The Bertz CT molecular complexity index is 540. The molecule has 0 spiro atoms. The summed E-state index contributed by atoms with van der Waals surface area (Å²) < 4.78 is 0. The zero-order chi connectivity index (χ0) is 16.8. The fourth-order valence-corrected chi connectivity index (χ4v) is 3.46. The van der Waals surface area contributed by atoms with E-state index in [2.05, 4.69) is 12.2 Å². The van der Waals surface area contributed by atoms with E-state index in [9.17, 15) is 9.59 Å². The molecule has 1 fully saturated rings. The second-order valence-electron chi connectivity index (χ2n) is 6.19. The van der Waals surface area contributed by atoms with Crippen molar-refractivity contribution >= 4 is 29.3 Å². The highest BCUT2D eigenvalue weighted by Gasteiger charge is 2.28. The first-order valence-corrected chi connectivity index (χ1v) is 9.20. The van der Waals surface area contributed by atoms with Crippen LogP contribution in [-0.4, -0.2) is 35.1 Å². The monoisotopic (exact) mass is 334 g/mol. The van der Waals surface area contributed by atoms with Crippen molar-refractivity contribution in [3.63, 3.8) is 0 Å². The SMILES string of the molecule is CCCN(CC1CC1)C(=O)C(C)Sc1ccc(NC(C)=O)cc1. The van der Waals surface area contributed by atoms with Gasteiger partial charge in [0.15, 0.2) is 0 Å². The van der Waals surface area contributed by atoms with Gasteiger partial charge in [-0.25, -0.2) is 0 Å². The molecule has 0 aliphatic heterocycles. The summed E-state index contributed by atoms with van der Waals surface area (Å²) in [6, 6.07) is 7.64. The molecule has 0 radical (unpaired) electrons. The smallest absolute Gasteiger partial charge is 0.235 e. The lowest BCUT2D eigenvalue weighted by atomic mass is 10.3. The number of nitrogens with one attached hydrogen (secondary N) is 1. The Kier molecular flexibility index (Phi) is 6.51. The van der Waals surface area contributed by atoms with Gasteiger partial charge in [0.1, 0.15) is 0 Å². The van der Waals surface area contributed by atoms with Gasteiger partial charge < -0.3 is 10.2 Å². The molecule has 1 saturated carbocycles. The van der Waals surface area contributed by atoms with Crippen LogP contribution >= 0.6 is 11.8 Å². The van der Waals surface area contributed by atoms with Gasteiger partial charge in [-0.3, -0.25) is 9.59 Å². The Hall–Kier alpha value is -1.49. The fourth-order valence-electron chi connectivity index (χ4n) is 2.51. The molecule has 2 amide bonds. The van der Waals surface area contributed by atoms with Crippen molar-refractivity contribution in [3.8, 4) is 0 Å². The van der Waals surface area contributed by atoms with E-state index in [1.165, 1.54) is 19.8 Å². The molecule has 126 valence electrons. The number of nitrogens with zero attached hydrogens (tertiary/aromatic N) is 1. The molecular formula is C18H26N2O2S. The summed E-state index contributed by atoms with van der Waals surface area (Å²) in [4.78, 5) is 26.8. The summed E-state index contributed by atoms with van der Waals surface area (Å²) >= 11 is 1.58. The average Bonchev–Trinajstić information content (AvgIpc) is 3.31. The van der Waals surface area contributed by atoms with E-state index in [-0.39, 0.29) is 17.1 Å². The van der Waals surface area contributed by atoms with E-state index >= 15 is 0 Å². The third-order valence-electron chi connectivity index (χ3n) is 3.82. The Morgan fingerprint density at radius 3 is 2.48 bits per heavy atom. The van der Waals surface area contributed by atoms with Gasteiger partial charge in [-0.1, -0.05) is 6.92 Å². The molecule has 2 rings (SSSR count). The van der Waals surface area contributed by atoms with E-state index in [1.807, 2.05) is 36.1 Å². The first-order valence-electron chi connectivity index (χ1n) is 8.32. The normalized spacial score (nSPS) is 15.1. The minimum absolute atomic E-state index is 0.0794. The summed E-state index contributed by atoms with van der Waals surface area (Å²) in [5.74, 6) is 0.874. The zero-order valence-electron chi connectivity index (χ0n) is 14.2. The number of thioether (sulfide) groups is 1. The zero-order valence-corrected chi connectivity index (χ0v) is 15.0. The molecule has 0 saturated heterocycles. The van der Waals surface area contributed by atoms with Gasteiger partial charge in [0.05, 0.1) is 5.25 Å². The van der Waals surface area contributed by atoms with Crippen LogP contribution in [0.1, 0.15) is 40.0 Å². The summed E-state index contributed by atoms with van der Waals surface area (Å²) in [6.07, 6.45) is 3.53. The van der Waals surface area contributed by atoms with Crippen molar-refractivity contribution in [2.45, 2.75) is 50.2 Å². The molecule has 1 aromatic carbocycles. The van der Waals surface area contributed by atoms with Crippen LogP contribution in [0.4, 0.5) is 5.69 Å². The molecule has 1 atom stereocenters. The third kappa shape index (κ3) is 5.90. The molecule has 5 heteroatoms. The average molecular weight is 334 g/mol. The number of rotatable bonds is 8. The second-order valence-corrected chi connectivity index (χ2v) is 7.61. The topological polar surface area (TPSA) is 49.4 Å². The minimum Gasteiger partial charge on any atom is -0.341 e. The fraction of sp³-hybridized carbons (Fsp3) is 0.556. The van der Waals surface area contributed by atoms with Crippen LogP contribution in [-0.2, 0) is 9.59 Å². The highest BCUT2D eigenvalue weighted by Crippen LogP contribution is 2.31. The molecule has 0 aromatic heterocycles. The summed E-state index contributed by atoms with van der Waals surface area (Å²) in [5, 5.41) is 2.66. The molecule has 0 bridgehead atoms. The van der Waals surface area contributed by atoms with Gasteiger partial charge in [-0.05, 0) is 56.4 Å². The number of amides is 2. The maximum atomic E-state index is 12.7. The quantitative estimate of drug-likeness (QED) is 0.736. The standard InChI is InChI=1S/C18H26N2O2S/c1-4-11-20(12-15-5-6-15)18(22)13(2)23-17-9-7-16(8-10-17)19-14(3)21/h7-10,13,15H,4-6,11-12H2,1-3H3,(H,19,21). The van der Waals surface area contributed by atoms with E-state index in [0.717, 1.165) is 36.0 Å². The van der Waals surface area contributed by atoms with Crippen molar-refractivity contribution in [1.82, 2.24) is 4.90 Å². The number of hydrogen-bond donors (Lipinski definition) is 1. The summed E-state index contributed by atoms with van der Waals surface area (Å²) in [7, 11) is 0. The minimum atomic E-state index is -0.0908. The van der Waals surface area contributed by atoms with E-state index in [4.69, 9.17) is 0 Å². The van der Waals surface area contributed by atoms with Crippen LogP contribution in [0.5, 0.6) is 0 Å². The van der Waals surface area contributed by atoms with Crippen molar-refractivity contribution in [2.24, 2.45) is 5.92 Å². The lowest BCUT2D eigenvalue weighted by Crippen LogP contribution is -2.38. The first-order chi connectivity index (χ1) is 11.0. The molecule has 1 N–H and O–H groups in total. The molecule has 1 aliphatic rings. The van der Waals surface area contributed by atoms with Crippen LogP contribution in [0, 0.1) is 5.92 Å². The summed E-state index contributed by atoms with van der Waals surface area (Å²) in [6.45, 7) is 7.35. The van der Waals surface area contributed by atoms with Gasteiger partial charge in [0, 0.05) is 30.6 Å². The largest absolute Gasteiger partial charge is 0.341 e. The Labute approximate surface area is 143 Å². The highest BCUT2D eigenvalue weighted by atomic mass is 32.2. The molecular weight excluding hydrogens is 308 g/mol. The van der Waals surface area contributed by atoms with E-state index < -0.39 is 0 Å². The maximum absolute atomic E-state index is 12.7. The van der Waals surface area contributed by atoms with Crippen molar-refractivity contribution in [2.75, 3.05) is 18.4 Å². The van der Waals surface area contributed by atoms with E-state index in [0.29, 0.717) is 0 Å². The molecule has 1 aliphatic carbocycles. The number of hydrogen-bond acceptors (Lipinski definition) is 3. The van der Waals surface area contributed by atoms with Crippen LogP contribution in [0.3, 0.4) is 0 Å². The molecule has 1 aromatic rings. The Morgan fingerprint density at radius 1 is 1.30 bits per heavy atom. The van der Waals surface area contributed by atoms with Crippen LogP contribution in [0.2, 0.25) is 0 Å². The van der Waals surface area contributed by atoms with Gasteiger partial charge in [-0.2, -0.15) is 0 Å². The third-order valence-corrected chi connectivity index (χ3v) is 4.92. The van der Waals surface area contributed by atoms with Crippen molar-refractivity contribution in [1.29, 1.82) is 0 Å². The number of anilines is 1. The Morgan fingerprint density at radius 2 is 1.96 bits per heavy atom. The van der Waals surface area contributed by atoms with Crippen molar-refractivity contribution in [3.05, 3.63) is 24.3 Å². The lowest BCUT2D eigenvalue weighted by molar-refractivity contribution is -0.130. The summed E-state index contributed by atoms with van der Waals surface area (Å²) in [5.41, 5.74) is 0.780. The van der Waals surface area contributed by atoms with Crippen LogP contribution in [0.15, 0.2) is 29.2 Å². The number of carbonyl (C=O) groups is 2. The van der Waals surface area contributed by atoms with Gasteiger partial charge >= 0.3 is 0 Å². The van der Waals surface area contributed by atoms with E-state index in [1.54, 1.807) is 11.8 Å². The van der Waals surface area contributed by atoms with Crippen molar-refractivity contribution < 1.29 is 9.59 Å². The Balaban J connectivity index is 1.91. The van der Waals surface area contributed by atoms with Gasteiger partial charge in [-0.15, -0.1) is 11.8 Å². The molecule has 0 heterocycles. The van der Waals surface area contributed by atoms with Gasteiger partial charge in [0.25, 0.3) is 0 Å². The second kappa shape index (κ2) is 8.39. The molecule has 4 nitrogen and oxygen atoms in total. The predicted molar refractivity (Wildman–Crippen MR) is 95.7 cm³/mol. The number of benzene rings is 1. The number of carbonyl (C=O) groups excluding carboxylic acids is 2. The predicted octanol–water partition coefficient (Wildman–Crippen LogP) is 3.77. The highest BCUT2D eigenvalue weighted by molar-refractivity contribution is 8.00. The lowest BCUT2D eigenvalue weighted by Gasteiger charge is -2.25. The van der Waals surface area contributed by atoms with Crippen LogP contribution in [0.25, 0.3) is 0 Å². The molecule has 1 unspecified atom stereocenters. The maximum Gasteiger partial charge on any atom is 0.235 e. The van der Waals surface area contributed by atoms with Gasteiger partial charge in [0.2, 0.25) is 11.8 Å².